The van der Waals surface area contributed by atoms with Crippen molar-refractivity contribution in [1.82, 2.24) is 0 Å². The van der Waals surface area contributed by atoms with Gasteiger partial charge in [0.05, 0.1) is 6.10 Å². The molecule has 3 nitrogen and oxygen atoms in total. The van der Waals surface area contributed by atoms with Crippen molar-refractivity contribution in [1.29, 1.82) is 0 Å². The van der Waals surface area contributed by atoms with E-state index in [0.717, 1.165) is 9.35 Å². The fourth-order valence-corrected chi connectivity index (χ4v) is 2.29. The van der Waals surface area contributed by atoms with Gasteiger partial charge < -0.3 is 15.9 Å². The Kier molecular flexibility index (Phi) is 3.67. The van der Waals surface area contributed by atoms with Gasteiger partial charge in [-0.25, -0.2) is 0 Å². The number of rotatable bonds is 3. The summed E-state index contributed by atoms with van der Waals surface area (Å²) in [5, 5.41) is 20.5. The summed E-state index contributed by atoms with van der Waals surface area (Å²) in [4.78, 5) is 0.722. The third-order valence-corrected chi connectivity index (χ3v) is 3.25. The van der Waals surface area contributed by atoms with Crippen LogP contribution >= 0.6 is 27.3 Å². The summed E-state index contributed by atoms with van der Waals surface area (Å²) < 4.78 is 0.908. The third kappa shape index (κ3) is 2.27. The SMILES string of the molecule is NCC(O)C(O)c1cc(Br)cs1. The van der Waals surface area contributed by atoms with E-state index >= 15 is 0 Å². The average molecular weight is 252 g/mol. The van der Waals surface area contributed by atoms with Crippen molar-refractivity contribution in [2.75, 3.05) is 6.54 Å². The number of nitrogens with two attached hydrogens (primary N) is 1. The Morgan fingerprint density at radius 2 is 2.25 bits per heavy atom. The van der Waals surface area contributed by atoms with Gasteiger partial charge in [-0.05, 0) is 22.0 Å². The molecule has 0 bridgehead atoms. The number of halogens is 1. The second-order valence-corrected chi connectivity index (χ2v) is 4.27. The van der Waals surface area contributed by atoms with Crippen LogP contribution in [0.25, 0.3) is 0 Å². The van der Waals surface area contributed by atoms with E-state index in [2.05, 4.69) is 15.9 Å². The molecule has 0 fully saturated rings. The minimum atomic E-state index is -0.879. The molecule has 0 radical (unpaired) electrons. The van der Waals surface area contributed by atoms with Crippen LogP contribution in [-0.2, 0) is 0 Å². The van der Waals surface area contributed by atoms with Crippen LogP contribution in [0.3, 0.4) is 0 Å². The summed E-state index contributed by atoms with van der Waals surface area (Å²) in [7, 11) is 0. The molecule has 0 aliphatic carbocycles. The van der Waals surface area contributed by atoms with Gasteiger partial charge in [-0.3, -0.25) is 0 Å². The standard InChI is InChI=1S/C7H10BrNO2S/c8-4-1-6(12-3-4)7(11)5(10)2-9/h1,3,5,7,10-11H,2,9H2. The fourth-order valence-electron chi connectivity index (χ4n) is 0.802. The minimum Gasteiger partial charge on any atom is -0.389 e. The lowest BCUT2D eigenvalue weighted by Gasteiger charge is -2.13. The van der Waals surface area contributed by atoms with Crippen LogP contribution in [0.5, 0.6) is 0 Å². The molecular weight excluding hydrogens is 242 g/mol. The first-order chi connectivity index (χ1) is 5.65. The van der Waals surface area contributed by atoms with Crippen LogP contribution in [0.1, 0.15) is 11.0 Å². The molecule has 2 unspecified atom stereocenters. The Hall–Kier alpha value is 0.0600. The summed E-state index contributed by atoms with van der Waals surface area (Å²) in [6.45, 7) is 0.0662. The molecule has 0 aromatic carbocycles. The van der Waals surface area contributed by atoms with E-state index in [-0.39, 0.29) is 6.54 Å². The summed E-state index contributed by atoms with van der Waals surface area (Å²) in [6, 6.07) is 1.77. The van der Waals surface area contributed by atoms with Crippen LogP contribution in [0, 0.1) is 0 Å². The molecule has 1 heterocycles. The Morgan fingerprint density at radius 1 is 1.58 bits per heavy atom. The van der Waals surface area contributed by atoms with Gasteiger partial charge in [0.1, 0.15) is 6.10 Å². The first-order valence-electron chi connectivity index (χ1n) is 3.45. The van der Waals surface area contributed by atoms with Crippen LogP contribution < -0.4 is 5.73 Å². The minimum absolute atomic E-state index is 0.0662. The smallest absolute Gasteiger partial charge is 0.115 e. The molecule has 0 saturated carbocycles. The lowest BCUT2D eigenvalue weighted by molar-refractivity contribution is 0.0265. The predicted octanol–water partition coefficient (Wildman–Crippen LogP) is 0.864. The molecular formula is C7H10BrNO2S. The Morgan fingerprint density at radius 3 is 2.67 bits per heavy atom. The van der Waals surface area contributed by atoms with E-state index in [1.54, 1.807) is 6.07 Å². The van der Waals surface area contributed by atoms with Gasteiger partial charge in [-0.2, -0.15) is 0 Å². The largest absolute Gasteiger partial charge is 0.389 e. The Labute approximate surface area is 83.0 Å². The molecule has 0 spiro atoms. The van der Waals surface area contributed by atoms with E-state index in [1.807, 2.05) is 5.38 Å². The van der Waals surface area contributed by atoms with Crippen molar-refractivity contribution < 1.29 is 10.2 Å². The molecule has 1 aromatic rings. The molecule has 68 valence electrons. The van der Waals surface area contributed by atoms with Crippen LogP contribution in [-0.4, -0.2) is 22.9 Å². The van der Waals surface area contributed by atoms with Gasteiger partial charge in [0.25, 0.3) is 0 Å². The summed E-state index contributed by atoms with van der Waals surface area (Å²) >= 11 is 4.65. The predicted molar refractivity (Wildman–Crippen MR) is 52.0 cm³/mol. The lowest BCUT2D eigenvalue weighted by atomic mass is 10.2. The first kappa shape index (κ1) is 10.1. The molecule has 2 atom stereocenters. The molecule has 0 aliphatic rings. The van der Waals surface area contributed by atoms with Gasteiger partial charge in [-0.15, -0.1) is 11.3 Å². The van der Waals surface area contributed by atoms with Gasteiger partial charge in [0.15, 0.2) is 0 Å². The second kappa shape index (κ2) is 4.34. The van der Waals surface area contributed by atoms with Gasteiger partial charge in [0.2, 0.25) is 0 Å². The molecule has 0 aliphatic heterocycles. The highest BCUT2D eigenvalue weighted by Crippen LogP contribution is 2.27. The maximum absolute atomic E-state index is 9.46. The summed E-state index contributed by atoms with van der Waals surface area (Å²) in [5.41, 5.74) is 5.20. The molecule has 1 rings (SSSR count). The number of thiophene rings is 1. The average Bonchev–Trinajstić information content (AvgIpc) is 2.49. The van der Waals surface area contributed by atoms with E-state index in [1.165, 1.54) is 11.3 Å². The monoisotopic (exact) mass is 251 g/mol. The molecule has 0 amide bonds. The van der Waals surface area contributed by atoms with E-state index in [9.17, 15) is 10.2 Å². The zero-order valence-corrected chi connectivity index (χ0v) is 8.68. The maximum atomic E-state index is 9.46. The highest BCUT2D eigenvalue weighted by atomic mass is 79.9. The van der Waals surface area contributed by atoms with Crippen LogP contribution in [0.15, 0.2) is 15.9 Å². The highest BCUT2D eigenvalue weighted by Gasteiger charge is 2.17. The number of hydrogen-bond donors (Lipinski definition) is 3. The topological polar surface area (TPSA) is 66.5 Å². The van der Waals surface area contributed by atoms with E-state index < -0.39 is 12.2 Å². The molecule has 4 N–H and O–H groups in total. The van der Waals surface area contributed by atoms with Crippen LogP contribution in [0.4, 0.5) is 0 Å². The van der Waals surface area contributed by atoms with E-state index in [4.69, 9.17) is 5.73 Å². The van der Waals surface area contributed by atoms with Crippen molar-refractivity contribution in [3.8, 4) is 0 Å². The van der Waals surface area contributed by atoms with Gasteiger partial charge in [-0.1, -0.05) is 0 Å². The molecule has 12 heavy (non-hydrogen) atoms. The molecule has 1 aromatic heterocycles. The zero-order chi connectivity index (χ0) is 9.14. The second-order valence-electron chi connectivity index (χ2n) is 2.42. The molecule has 5 heteroatoms. The lowest BCUT2D eigenvalue weighted by Crippen LogP contribution is -2.26. The number of aliphatic hydroxyl groups is 2. The Bertz CT molecular complexity index is 253. The van der Waals surface area contributed by atoms with Gasteiger partial charge in [0, 0.05) is 21.3 Å². The zero-order valence-electron chi connectivity index (χ0n) is 6.27. The Balaban J connectivity index is 2.70. The normalized spacial score (nSPS) is 16.0. The van der Waals surface area contributed by atoms with Crippen molar-refractivity contribution >= 4 is 27.3 Å². The number of hydrogen-bond acceptors (Lipinski definition) is 4. The molecule has 0 saturated heterocycles. The summed E-state index contributed by atoms with van der Waals surface area (Å²) in [5.74, 6) is 0. The van der Waals surface area contributed by atoms with E-state index in [0.29, 0.717) is 0 Å². The summed E-state index contributed by atoms with van der Waals surface area (Å²) in [6.07, 6.45) is -1.75. The van der Waals surface area contributed by atoms with Crippen molar-refractivity contribution in [3.05, 3.63) is 20.8 Å². The highest BCUT2D eigenvalue weighted by molar-refractivity contribution is 9.10. The van der Waals surface area contributed by atoms with Crippen molar-refractivity contribution in [2.24, 2.45) is 5.73 Å². The quantitative estimate of drug-likeness (QED) is 0.747. The third-order valence-electron chi connectivity index (χ3n) is 1.49. The van der Waals surface area contributed by atoms with Crippen LogP contribution in [0.2, 0.25) is 0 Å². The number of aliphatic hydroxyl groups excluding tert-OH is 2. The first-order valence-corrected chi connectivity index (χ1v) is 5.12. The van der Waals surface area contributed by atoms with Crippen molar-refractivity contribution in [3.63, 3.8) is 0 Å². The van der Waals surface area contributed by atoms with Gasteiger partial charge >= 0.3 is 0 Å². The maximum Gasteiger partial charge on any atom is 0.115 e. The van der Waals surface area contributed by atoms with Crippen molar-refractivity contribution in [2.45, 2.75) is 12.2 Å². The fraction of sp³-hybridized carbons (Fsp3) is 0.429.